The predicted molar refractivity (Wildman–Crippen MR) is 123 cm³/mol. The predicted octanol–water partition coefficient (Wildman–Crippen LogP) is 4.97. The van der Waals surface area contributed by atoms with E-state index in [2.05, 4.69) is 42.3 Å². The van der Waals surface area contributed by atoms with E-state index in [-0.39, 0.29) is 0 Å². The Morgan fingerprint density at radius 3 is 1.94 bits per heavy atom. The lowest BCUT2D eigenvalue weighted by Gasteiger charge is -2.19. The molecule has 164 valence electrons. The van der Waals surface area contributed by atoms with Crippen LogP contribution in [0.4, 0.5) is 0 Å². The van der Waals surface area contributed by atoms with Crippen LogP contribution in [-0.4, -0.2) is 39.8 Å². The van der Waals surface area contributed by atoms with Crippen LogP contribution in [0.2, 0.25) is 0 Å². The van der Waals surface area contributed by atoms with Gasteiger partial charge >= 0.3 is 0 Å². The van der Waals surface area contributed by atoms with Crippen molar-refractivity contribution in [3.63, 3.8) is 0 Å². The summed E-state index contributed by atoms with van der Waals surface area (Å²) in [6.07, 6.45) is 0.921. The molecule has 0 aromatic heterocycles. The van der Waals surface area contributed by atoms with Gasteiger partial charge in [0.25, 0.3) is 0 Å². The van der Waals surface area contributed by atoms with Gasteiger partial charge in [-0.15, -0.1) is 0 Å². The molecular formula is C26H31NO4. The van der Waals surface area contributed by atoms with Gasteiger partial charge in [0.15, 0.2) is 23.0 Å². The molecule has 0 aliphatic carbocycles. The maximum Gasteiger partial charge on any atom is 0.161 e. The van der Waals surface area contributed by atoms with Crippen molar-refractivity contribution in [2.24, 2.45) is 0 Å². The highest BCUT2D eigenvalue weighted by Gasteiger charge is 2.10. The van der Waals surface area contributed by atoms with Crippen LogP contribution in [0.25, 0.3) is 0 Å². The van der Waals surface area contributed by atoms with E-state index in [1.54, 1.807) is 21.3 Å². The lowest BCUT2D eigenvalue weighted by Crippen LogP contribution is -2.20. The smallest absolute Gasteiger partial charge is 0.161 e. The summed E-state index contributed by atoms with van der Waals surface area (Å²) < 4.78 is 22.2. The van der Waals surface area contributed by atoms with Gasteiger partial charge in [-0.1, -0.05) is 42.5 Å². The molecule has 0 spiro atoms. The Hall–Kier alpha value is -3.18. The van der Waals surface area contributed by atoms with Crippen molar-refractivity contribution >= 4 is 0 Å². The quantitative estimate of drug-likeness (QED) is 0.437. The van der Waals surface area contributed by atoms with E-state index < -0.39 is 0 Å². The third-order valence-electron chi connectivity index (χ3n) is 5.15. The molecule has 0 heterocycles. The number of benzene rings is 3. The molecule has 0 aliphatic heterocycles. The zero-order chi connectivity index (χ0) is 22.1. The number of nitrogens with zero attached hydrogens (tertiary/aromatic N) is 1. The Bertz CT molecular complexity index is 959. The molecule has 0 aliphatic rings. The maximum absolute atomic E-state index is 6.04. The molecule has 3 aromatic carbocycles. The van der Waals surface area contributed by atoms with Gasteiger partial charge in [-0.25, -0.2) is 0 Å². The number of rotatable bonds is 11. The van der Waals surface area contributed by atoms with Gasteiger partial charge in [0.2, 0.25) is 0 Å². The van der Waals surface area contributed by atoms with Gasteiger partial charge in [-0.2, -0.15) is 0 Å². The summed E-state index contributed by atoms with van der Waals surface area (Å²) in [5.41, 5.74) is 3.52. The Kier molecular flexibility index (Phi) is 8.19. The second-order valence-corrected chi connectivity index (χ2v) is 7.44. The first-order chi connectivity index (χ1) is 15.1. The molecule has 5 heteroatoms. The van der Waals surface area contributed by atoms with Crippen molar-refractivity contribution in [3.8, 4) is 23.0 Å². The normalized spacial score (nSPS) is 10.7. The van der Waals surface area contributed by atoms with Crippen molar-refractivity contribution in [1.29, 1.82) is 0 Å². The third-order valence-corrected chi connectivity index (χ3v) is 5.15. The van der Waals surface area contributed by atoms with Gasteiger partial charge < -0.3 is 23.8 Å². The lowest BCUT2D eigenvalue weighted by molar-refractivity contribution is 0.282. The topological polar surface area (TPSA) is 40.2 Å². The van der Waals surface area contributed by atoms with Crippen molar-refractivity contribution in [1.82, 2.24) is 4.90 Å². The molecule has 0 N–H and O–H groups in total. The van der Waals surface area contributed by atoms with Crippen LogP contribution in [0.1, 0.15) is 16.7 Å². The molecule has 0 unspecified atom stereocenters. The molecule has 0 amide bonds. The minimum atomic E-state index is 0.510. The van der Waals surface area contributed by atoms with Crippen molar-refractivity contribution in [3.05, 3.63) is 83.4 Å². The van der Waals surface area contributed by atoms with Gasteiger partial charge in [0, 0.05) is 13.1 Å². The largest absolute Gasteiger partial charge is 0.493 e. The highest BCUT2D eigenvalue weighted by atomic mass is 16.5. The number of methoxy groups -OCH3 is 3. The molecule has 3 aromatic rings. The molecule has 31 heavy (non-hydrogen) atoms. The van der Waals surface area contributed by atoms with Crippen LogP contribution >= 0.6 is 0 Å². The second-order valence-electron chi connectivity index (χ2n) is 7.44. The molecule has 0 fully saturated rings. The zero-order valence-corrected chi connectivity index (χ0v) is 18.8. The molecule has 0 radical (unpaired) electrons. The first kappa shape index (κ1) is 22.5. The Morgan fingerprint density at radius 1 is 0.645 bits per heavy atom. The van der Waals surface area contributed by atoms with Crippen molar-refractivity contribution in [2.75, 3.05) is 34.9 Å². The van der Waals surface area contributed by atoms with E-state index in [0.717, 1.165) is 48.1 Å². The fourth-order valence-electron chi connectivity index (χ4n) is 3.41. The molecule has 0 atom stereocenters. The number of ether oxygens (including phenoxy) is 4. The van der Waals surface area contributed by atoms with E-state index in [0.29, 0.717) is 6.61 Å². The average Bonchev–Trinajstić information content (AvgIpc) is 2.82. The second kappa shape index (κ2) is 11.3. The molecule has 0 saturated carbocycles. The standard InChI is InChI=1S/C26H31NO4/c1-27(15-14-20-10-12-23(28-2)25(16-20)30-4)18-22-11-13-24(29-3)26(17-22)31-19-21-8-6-5-7-9-21/h5-13,16-17H,14-15,18-19H2,1-4H3. The minimum Gasteiger partial charge on any atom is -0.493 e. The fourth-order valence-corrected chi connectivity index (χ4v) is 3.41. The van der Waals surface area contributed by atoms with Gasteiger partial charge in [-0.05, 0) is 54.4 Å². The summed E-state index contributed by atoms with van der Waals surface area (Å²) in [4.78, 5) is 2.29. The summed E-state index contributed by atoms with van der Waals surface area (Å²) in [6.45, 7) is 2.25. The highest BCUT2D eigenvalue weighted by Crippen LogP contribution is 2.30. The average molecular weight is 422 g/mol. The zero-order valence-electron chi connectivity index (χ0n) is 18.8. The van der Waals surface area contributed by atoms with Crippen LogP contribution in [-0.2, 0) is 19.6 Å². The van der Waals surface area contributed by atoms with E-state index in [9.17, 15) is 0 Å². The summed E-state index contributed by atoms with van der Waals surface area (Å²) in [5.74, 6) is 3.02. The molecule has 0 saturated heterocycles. The summed E-state index contributed by atoms with van der Waals surface area (Å²) >= 11 is 0. The van der Waals surface area contributed by atoms with Crippen LogP contribution < -0.4 is 18.9 Å². The van der Waals surface area contributed by atoms with Gasteiger partial charge in [0.1, 0.15) is 6.61 Å². The Labute approximate surface area is 185 Å². The van der Waals surface area contributed by atoms with Crippen molar-refractivity contribution in [2.45, 2.75) is 19.6 Å². The molecule has 3 rings (SSSR count). The lowest BCUT2D eigenvalue weighted by atomic mass is 10.1. The van der Waals surface area contributed by atoms with Crippen LogP contribution in [0, 0.1) is 0 Å². The maximum atomic E-state index is 6.04. The number of hydrogen-bond donors (Lipinski definition) is 0. The summed E-state index contributed by atoms with van der Waals surface area (Å²) in [5, 5.41) is 0. The minimum absolute atomic E-state index is 0.510. The Balaban J connectivity index is 1.59. The number of likely N-dealkylation sites (N-methyl/N-ethyl adjacent to an activating group) is 1. The SMILES string of the molecule is COc1ccc(CCN(C)Cc2ccc(OC)c(OCc3ccccc3)c2)cc1OC. The molecular weight excluding hydrogens is 390 g/mol. The summed E-state index contributed by atoms with van der Waals surface area (Å²) in [7, 11) is 7.10. The van der Waals surface area contributed by atoms with Crippen LogP contribution in [0.15, 0.2) is 66.7 Å². The number of hydrogen-bond acceptors (Lipinski definition) is 5. The van der Waals surface area contributed by atoms with E-state index in [4.69, 9.17) is 18.9 Å². The molecule has 5 nitrogen and oxygen atoms in total. The Morgan fingerprint density at radius 2 is 1.26 bits per heavy atom. The van der Waals surface area contributed by atoms with E-state index >= 15 is 0 Å². The summed E-state index contributed by atoms with van der Waals surface area (Å²) in [6, 6.07) is 22.3. The van der Waals surface area contributed by atoms with E-state index in [1.165, 1.54) is 11.1 Å². The highest BCUT2D eigenvalue weighted by molar-refractivity contribution is 5.44. The van der Waals surface area contributed by atoms with Crippen LogP contribution in [0.5, 0.6) is 23.0 Å². The molecule has 0 bridgehead atoms. The van der Waals surface area contributed by atoms with Crippen LogP contribution in [0.3, 0.4) is 0 Å². The van der Waals surface area contributed by atoms with E-state index in [1.807, 2.05) is 36.4 Å². The monoisotopic (exact) mass is 421 g/mol. The first-order valence-corrected chi connectivity index (χ1v) is 10.4. The first-order valence-electron chi connectivity index (χ1n) is 10.4. The van der Waals surface area contributed by atoms with Crippen molar-refractivity contribution < 1.29 is 18.9 Å². The van der Waals surface area contributed by atoms with Gasteiger partial charge in [-0.3, -0.25) is 0 Å². The van der Waals surface area contributed by atoms with Gasteiger partial charge in [0.05, 0.1) is 21.3 Å². The third kappa shape index (κ3) is 6.40. The fraction of sp³-hybridized carbons (Fsp3) is 0.308.